The van der Waals surface area contributed by atoms with Crippen LogP contribution in [0.2, 0.25) is 5.02 Å². The number of carboxylic acid groups (broad SMARTS) is 1. The molecule has 1 aliphatic rings. The third-order valence-corrected chi connectivity index (χ3v) is 4.29. The number of benzene rings is 1. The van der Waals surface area contributed by atoms with E-state index in [1.54, 1.807) is 28.8 Å². The van der Waals surface area contributed by atoms with E-state index in [-0.39, 0.29) is 22.9 Å². The molecule has 1 aliphatic heterocycles. The van der Waals surface area contributed by atoms with Crippen molar-refractivity contribution in [3.05, 3.63) is 64.4 Å². The average Bonchev–Trinajstić information content (AvgIpc) is 3.04. The van der Waals surface area contributed by atoms with Gasteiger partial charge in [0.15, 0.2) is 0 Å². The molecule has 23 heavy (non-hydrogen) atoms. The van der Waals surface area contributed by atoms with Crippen LogP contribution in [0.15, 0.2) is 36.9 Å². The second kappa shape index (κ2) is 6.75. The molecule has 0 amide bonds. The summed E-state index contributed by atoms with van der Waals surface area (Å²) in [5.74, 6) is -1.68. The quantitative estimate of drug-likeness (QED) is 0.653. The van der Waals surface area contributed by atoms with Gasteiger partial charge in [0, 0.05) is 34.9 Å². The maximum atomic E-state index is 12.7. The summed E-state index contributed by atoms with van der Waals surface area (Å²) in [6.45, 7) is 4.17. The fourth-order valence-corrected chi connectivity index (χ4v) is 3.16. The number of halogens is 1. The van der Waals surface area contributed by atoms with E-state index in [2.05, 4.69) is 6.58 Å². The van der Waals surface area contributed by atoms with Gasteiger partial charge in [0.25, 0.3) is 0 Å². The van der Waals surface area contributed by atoms with E-state index >= 15 is 0 Å². The summed E-state index contributed by atoms with van der Waals surface area (Å²) < 4.78 is 1.73. The Hall–Kier alpha value is -1.81. The van der Waals surface area contributed by atoms with Gasteiger partial charge in [-0.1, -0.05) is 48.5 Å². The molecule has 2 aromatic rings. The summed E-state index contributed by atoms with van der Waals surface area (Å²) in [4.78, 5) is 23.9. The van der Waals surface area contributed by atoms with Crippen LogP contribution >= 0.6 is 11.6 Å². The molecule has 0 saturated carbocycles. The number of rotatable bonds is 4. The molecule has 0 fully saturated rings. The van der Waals surface area contributed by atoms with Crippen LogP contribution < -0.4 is 0 Å². The van der Waals surface area contributed by atoms with Crippen molar-refractivity contribution in [1.82, 2.24) is 4.57 Å². The number of aromatic nitrogens is 1. The monoisotopic (exact) mass is 378 g/mol. The molecule has 3 rings (SSSR count). The number of ketones is 1. The van der Waals surface area contributed by atoms with E-state index in [4.69, 9.17) is 11.6 Å². The molecular formula is C17H14ClCuNO3. The average molecular weight is 379 g/mol. The van der Waals surface area contributed by atoms with Gasteiger partial charge in [0.1, 0.15) is 5.69 Å². The Morgan fingerprint density at radius 1 is 1.30 bits per heavy atom. The molecule has 0 bridgehead atoms. The van der Waals surface area contributed by atoms with Gasteiger partial charge in [0.2, 0.25) is 5.78 Å². The number of hydrogen-bond donors (Lipinski definition) is 1. The molecular weight excluding hydrogens is 365 g/mol. The molecule has 123 valence electrons. The van der Waals surface area contributed by atoms with Crippen molar-refractivity contribution < 1.29 is 31.8 Å². The summed E-state index contributed by atoms with van der Waals surface area (Å²) in [6.07, 6.45) is 2.19. The Balaban J connectivity index is 0.00000192. The zero-order valence-corrected chi connectivity index (χ0v) is 13.8. The fourth-order valence-electron chi connectivity index (χ4n) is 2.86. The van der Waals surface area contributed by atoms with Gasteiger partial charge < -0.3 is 9.67 Å². The molecule has 1 atom stereocenters. The van der Waals surface area contributed by atoms with Gasteiger partial charge in [-0.15, -0.1) is 0 Å². The topological polar surface area (TPSA) is 59.3 Å². The van der Waals surface area contributed by atoms with Crippen molar-refractivity contribution in [1.29, 1.82) is 0 Å². The first-order valence-corrected chi connectivity index (χ1v) is 7.29. The summed E-state index contributed by atoms with van der Waals surface area (Å²) in [5, 5.41) is 9.53. The largest absolute Gasteiger partial charge is 0.481 e. The summed E-state index contributed by atoms with van der Waals surface area (Å²) in [7, 11) is 0. The molecule has 4 nitrogen and oxygen atoms in total. The first-order chi connectivity index (χ1) is 10.5. The maximum Gasteiger partial charge on any atom is 0.312 e. The summed E-state index contributed by atoms with van der Waals surface area (Å²) in [5.41, 5.74) is 2.41. The molecule has 0 saturated heterocycles. The fraction of sp³-hybridized carbons (Fsp3) is 0.176. The van der Waals surface area contributed by atoms with E-state index < -0.39 is 11.9 Å². The Bertz CT molecular complexity index is 780. The number of hydrogen-bond acceptors (Lipinski definition) is 2. The van der Waals surface area contributed by atoms with Gasteiger partial charge in [0.05, 0.1) is 10.9 Å². The first kappa shape index (κ1) is 17.5. The SMILES string of the molecule is C=Cc1ccc(C(=O)c2c(Cl)cc3n2CCC3C(=O)O)cc1.[Cu]. The van der Waals surface area contributed by atoms with Crippen LogP contribution in [0.5, 0.6) is 0 Å². The maximum absolute atomic E-state index is 12.7. The van der Waals surface area contributed by atoms with E-state index in [1.807, 2.05) is 12.1 Å². The Kier molecular flexibility index (Phi) is 5.15. The molecule has 1 aromatic carbocycles. The number of aliphatic carboxylic acids is 1. The Morgan fingerprint density at radius 3 is 2.52 bits per heavy atom. The van der Waals surface area contributed by atoms with Crippen molar-refractivity contribution in [2.24, 2.45) is 0 Å². The third kappa shape index (κ3) is 3.00. The Morgan fingerprint density at radius 2 is 1.96 bits per heavy atom. The minimum absolute atomic E-state index is 0. The van der Waals surface area contributed by atoms with E-state index in [0.717, 1.165) is 5.56 Å². The number of carboxylic acids is 1. The van der Waals surface area contributed by atoms with Crippen molar-refractivity contribution in [2.75, 3.05) is 0 Å². The molecule has 0 aliphatic carbocycles. The van der Waals surface area contributed by atoms with E-state index in [1.165, 1.54) is 0 Å². The third-order valence-electron chi connectivity index (χ3n) is 4.00. The predicted molar refractivity (Wildman–Crippen MR) is 84.4 cm³/mol. The summed E-state index contributed by atoms with van der Waals surface area (Å²) in [6, 6.07) is 8.65. The number of nitrogens with zero attached hydrogens (tertiary/aromatic N) is 1. The van der Waals surface area contributed by atoms with Crippen molar-refractivity contribution in [3.63, 3.8) is 0 Å². The van der Waals surface area contributed by atoms with Crippen LogP contribution in [0.25, 0.3) is 6.08 Å². The predicted octanol–water partition coefficient (Wildman–Crippen LogP) is 3.58. The zero-order chi connectivity index (χ0) is 15.9. The molecule has 2 heterocycles. The smallest absolute Gasteiger partial charge is 0.312 e. The van der Waals surface area contributed by atoms with Crippen LogP contribution in [-0.4, -0.2) is 21.4 Å². The van der Waals surface area contributed by atoms with Crippen molar-refractivity contribution >= 4 is 29.4 Å². The first-order valence-electron chi connectivity index (χ1n) is 6.92. The molecule has 6 heteroatoms. The molecule has 1 radical (unpaired) electrons. The minimum atomic E-state index is -0.887. The molecule has 1 N–H and O–H groups in total. The number of carbonyl (C=O) groups is 2. The zero-order valence-electron chi connectivity index (χ0n) is 12.1. The Labute approximate surface area is 149 Å². The second-order valence-corrected chi connectivity index (χ2v) is 5.66. The van der Waals surface area contributed by atoms with Gasteiger partial charge >= 0.3 is 5.97 Å². The molecule has 0 spiro atoms. The standard InChI is InChI=1S/C17H14ClNO3.Cu/c1-2-10-3-5-11(6-4-10)16(20)15-13(18)9-14-12(17(21)22)7-8-19(14)15;/h2-6,9,12H,1,7-8H2,(H,21,22);. The number of fused-ring (bicyclic) bond motifs is 1. The van der Waals surface area contributed by atoms with Crippen molar-refractivity contribution in [3.8, 4) is 0 Å². The van der Waals surface area contributed by atoms with Gasteiger partial charge in [-0.25, -0.2) is 0 Å². The minimum Gasteiger partial charge on any atom is -0.481 e. The van der Waals surface area contributed by atoms with E-state index in [0.29, 0.717) is 34.9 Å². The van der Waals surface area contributed by atoms with Crippen LogP contribution in [0, 0.1) is 0 Å². The normalized spacial score (nSPS) is 15.6. The second-order valence-electron chi connectivity index (χ2n) is 5.25. The van der Waals surface area contributed by atoms with E-state index in [9.17, 15) is 14.7 Å². The van der Waals surface area contributed by atoms with Gasteiger partial charge in [-0.3, -0.25) is 9.59 Å². The molecule has 1 unspecified atom stereocenters. The van der Waals surface area contributed by atoms with Gasteiger partial charge in [-0.2, -0.15) is 0 Å². The molecule has 1 aromatic heterocycles. The summed E-state index contributed by atoms with van der Waals surface area (Å²) >= 11 is 6.19. The van der Waals surface area contributed by atoms with Crippen LogP contribution in [0.1, 0.15) is 39.6 Å². The number of carbonyl (C=O) groups excluding carboxylic acids is 1. The van der Waals surface area contributed by atoms with Gasteiger partial charge in [-0.05, 0) is 18.1 Å². The van der Waals surface area contributed by atoms with Crippen LogP contribution in [0.3, 0.4) is 0 Å². The van der Waals surface area contributed by atoms with Crippen molar-refractivity contribution in [2.45, 2.75) is 18.9 Å². The van der Waals surface area contributed by atoms with Crippen LogP contribution in [0.4, 0.5) is 0 Å². The van der Waals surface area contributed by atoms with Crippen LogP contribution in [-0.2, 0) is 28.4 Å².